The van der Waals surface area contributed by atoms with Gasteiger partial charge < -0.3 is 10.5 Å². The molecule has 5 heteroatoms. The molecule has 0 saturated heterocycles. The topological polar surface area (TPSA) is 55.6 Å². The normalized spacial score (nSPS) is 10.5. The van der Waals surface area contributed by atoms with Crippen LogP contribution in [-0.2, 0) is 16.1 Å². The predicted molar refractivity (Wildman–Crippen MR) is 66.9 cm³/mol. The average molecular weight is 287 g/mol. The van der Waals surface area contributed by atoms with Gasteiger partial charge >= 0.3 is 5.97 Å². The Morgan fingerprint density at radius 1 is 1.56 bits per heavy atom. The molecule has 4 nitrogen and oxygen atoms in total. The first-order chi connectivity index (χ1) is 7.52. The number of rotatable bonds is 4. The molecule has 0 bridgehead atoms. The standard InChI is InChI=1S/C11H15BrN2O2/c1-14(7-11(15)16-2)6-8-3-4-9(12)5-10(8)13/h3-5H,6-7,13H2,1-2H3. The molecule has 0 fully saturated rings. The lowest BCUT2D eigenvalue weighted by Gasteiger charge is -2.16. The van der Waals surface area contributed by atoms with Crippen LogP contribution in [0.1, 0.15) is 5.56 Å². The minimum atomic E-state index is -0.252. The Kier molecular flexibility index (Phi) is 4.76. The summed E-state index contributed by atoms with van der Waals surface area (Å²) in [6.45, 7) is 0.875. The summed E-state index contributed by atoms with van der Waals surface area (Å²) < 4.78 is 5.54. The van der Waals surface area contributed by atoms with E-state index >= 15 is 0 Å². The summed E-state index contributed by atoms with van der Waals surface area (Å²) in [7, 11) is 3.22. The van der Waals surface area contributed by atoms with E-state index in [-0.39, 0.29) is 12.5 Å². The summed E-state index contributed by atoms with van der Waals surface area (Å²) in [6, 6.07) is 5.71. The number of ether oxygens (including phenoxy) is 1. The third kappa shape index (κ3) is 3.83. The van der Waals surface area contributed by atoms with Crippen LogP contribution in [0.4, 0.5) is 5.69 Å². The molecule has 0 aliphatic rings. The highest BCUT2D eigenvalue weighted by molar-refractivity contribution is 9.10. The Labute approximate surface area is 103 Å². The number of hydrogen-bond donors (Lipinski definition) is 1. The molecule has 0 unspecified atom stereocenters. The van der Waals surface area contributed by atoms with Crippen molar-refractivity contribution in [2.75, 3.05) is 26.4 Å². The van der Waals surface area contributed by atoms with Crippen molar-refractivity contribution in [2.24, 2.45) is 0 Å². The molecule has 2 N–H and O–H groups in total. The lowest BCUT2D eigenvalue weighted by molar-refractivity contribution is -0.141. The van der Waals surface area contributed by atoms with Crippen LogP contribution in [0.2, 0.25) is 0 Å². The van der Waals surface area contributed by atoms with Crippen molar-refractivity contribution in [1.29, 1.82) is 0 Å². The number of nitrogens with two attached hydrogens (primary N) is 1. The van der Waals surface area contributed by atoms with Crippen LogP contribution in [0.5, 0.6) is 0 Å². The molecular weight excluding hydrogens is 272 g/mol. The van der Waals surface area contributed by atoms with Crippen molar-refractivity contribution >= 4 is 27.6 Å². The molecule has 0 aromatic heterocycles. The predicted octanol–water partition coefficient (Wildman–Crippen LogP) is 1.64. The van der Waals surface area contributed by atoms with Gasteiger partial charge in [0.2, 0.25) is 0 Å². The number of halogens is 1. The fourth-order valence-corrected chi connectivity index (χ4v) is 1.72. The molecule has 1 rings (SSSR count). The van der Waals surface area contributed by atoms with E-state index in [0.717, 1.165) is 10.0 Å². The van der Waals surface area contributed by atoms with Crippen LogP contribution >= 0.6 is 15.9 Å². The summed E-state index contributed by atoms with van der Waals surface area (Å²) in [6.07, 6.45) is 0. The molecule has 88 valence electrons. The number of nitrogen functional groups attached to an aromatic ring is 1. The highest BCUT2D eigenvalue weighted by Crippen LogP contribution is 2.19. The number of anilines is 1. The molecule has 0 heterocycles. The van der Waals surface area contributed by atoms with Crippen molar-refractivity contribution in [3.8, 4) is 0 Å². The first kappa shape index (κ1) is 13.0. The summed E-state index contributed by atoms with van der Waals surface area (Å²) in [4.78, 5) is 12.9. The highest BCUT2D eigenvalue weighted by atomic mass is 79.9. The number of methoxy groups -OCH3 is 1. The third-order valence-electron chi connectivity index (χ3n) is 2.17. The molecule has 0 atom stereocenters. The summed E-state index contributed by atoms with van der Waals surface area (Å²) in [5.74, 6) is -0.252. The SMILES string of the molecule is COC(=O)CN(C)Cc1ccc(Br)cc1N. The number of carbonyl (C=O) groups excluding carboxylic acids is 1. The van der Waals surface area contributed by atoms with E-state index in [1.165, 1.54) is 7.11 Å². The number of carbonyl (C=O) groups is 1. The van der Waals surface area contributed by atoms with Crippen LogP contribution in [0.15, 0.2) is 22.7 Å². The number of nitrogens with zero attached hydrogens (tertiary/aromatic N) is 1. The van der Waals surface area contributed by atoms with Gasteiger partial charge in [0.1, 0.15) is 0 Å². The molecule has 0 saturated carbocycles. The first-order valence-electron chi connectivity index (χ1n) is 4.82. The van der Waals surface area contributed by atoms with Crippen LogP contribution in [0.25, 0.3) is 0 Å². The van der Waals surface area contributed by atoms with E-state index in [4.69, 9.17) is 5.73 Å². The lowest BCUT2D eigenvalue weighted by Crippen LogP contribution is -2.26. The average Bonchev–Trinajstić information content (AvgIpc) is 2.22. The van der Waals surface area contributed by atoms with E-state index in [1.54, 1.807) is 0 Å². The second kappa shape index (κ2) is 5.86. The summed E-state index contributed by atoms with van der Waals surface area (Å²) in [5.41, 5.74) is 7.57. The lowest BCUT2D eigenvalue weighted by atomic mass is 10.2. The zero-order valence-electron chi connectivity index (χ0n) is 9.37. The van der Waals surface area contributed by atoms with Gasteiger partial charge in [-0.3, -0.25) is 9.69 Å². The molecule has 0 amide bonds. The van der Waals surface area contributed by atoms with E-state index in [1.807, 2.05) is 30.1 Å². The van der Waals surface area contributed by atoms with E-state index in [9.17, 15) is 4.79 Å². The molecule has 0 radical (unpaired) electrons. The van der Waals surface area contributed by atoms with Crippen molar-refractivity contribution in [2.45, 2.75) is 6.54 Å². The zero-order valence-corrected chi connectivity index (χ0v) is 11.0. The monoisotopic (exact) mass is 286 g/mol. The Morgan fingerprint density at radius 3 is 2.81 bits per heavy atom. The van der Waals surface area contributed by atoms with Crippen molar-refractivity contribution in [1.82, 2.24) is 4.90 Å². The molecule has 1 aromatic carbocycles. The molecule has 16 heavy (non-hydrogen) atoms. The van der Waals surface area contributed by atoms with Gasteiger partial charge in [-0.05, 0) is 24.7 Å². The van der Waals surface area contributed by atoms with E-state index in [2.05, 4.69) is 20.7 Å². The van der Waals surface area contributed by atoms with E-state index in [0.29, 0.717) is 12.2 Å². The van der Waals surface area contributed by atoms with Gasteiger partial charge in [0, 0.05) is 16.7 Å². The Balaban J connectivity index is 2.62. The number of hydrogen-bond acceptors (Lipinski definition) is 4. The Bertz CT molecular complexity index is 382. The molecule has 1 aromatic rings. The molecular formula is C11H15BrN2O2. The maximum atomic E-state index is 11.0. The molecule has 0 spiro atoms. The van der Waals surface area contributed by atoms with Gasteiger partial charge in [-0.2, -0.15) is 0 Å². The van der Waals surface area contributed by atoms with Crippen LogP contribution in [-0.4, -0.2) is 31.6 Å². The number of esters is 1. The van der Waals surface area contributed by atoms with Crippen molar-refractivity contribution in [3.63, 3.8) is 0 Å². The maximum Gasteiger partial charge on any atom is 0.319 e. The maximum absolute atomic E-state index is 11.0. The Hall–Kier alpha value is -1.07. The Morgan fingerprint density at radius 2 is 2.25 bits per heavy atom. The third-order valence-corrected chi connectivity index (χ3v) is 2.67. The largest absolute Gasteiger partial charge is 0.468 e. The highest BCUT2D eigenvalue weighted by Gasteiger charge is 2.08. The van der Waals surface area contributed by atoms with Crippen LogP contribution < -0.4 is 5.73 Å². The second-order valence-corrected chi connectivity index (χ2v) is 4.51. The molecule has 0 aliphatic heterocycles. The van der Waals surface area contributed by atoms with Gasteiger partial charge in [0.05, 0.1) is 13.7 Å². The summed E-state index contributed by atoms with van der Waals surface area (Å²) >= 11 is 3.35. The first-order valence-corrected chi connectivity index (χ1v) is 5.61. The van der Waals surface area contributed by atoms with Crippen LogP contribution in [0, 0.1) is 0 Å². The number of benzene rings is 1. The van der Waals surface area contributed by atoms with E-state index < -0.39 is 0 Å². The second-order valence-electron chi connectivity index (χ2n) is 3.59. The van der Waals surface area contributed by atoms with Gasteiger partial charge in [0.25, 0.3) is 0 Å². The number of likely N-dealkylation sites (N-methyl/N-ethyl adjacent to an activating group) is 1. The van der Waals surface area contributed by atoms with Gasteiger partial charge in [0.15, 0.2) is 0 Å². The minimum absolute atomic E-state index is 0.252. The fraction of sp³-hybridized carbons (Fsp3) is 0.364. The van der Waals surface area contributed by atoms with Gasteiger partial charge in [-0.25, -0.2) is 0 Å². The molecule has 0 aliphatic carbocycles. The minimum Gasteiger partial charge on any atom is -0.468 e. The van der Waals surface area contributed by atoms with Crippen molar-refractivity contribution in [3.05, 3.63) is 28.2 Å². The zero-order chi connectivity index (χ0) is 12.1. The van der Waals surface area contributed by atoms with Gasteiger partial charge in [-0.15, -0.1) is 0 Å². The van der Waals surface area contributed by atoms with Crippen LogP contribution in [0.3, 0.4) is 0 Å². The smallest absolute Gasteiger partial charge is 0.319 e. The van der Waals surface area contributed by atoms with Gasteiger partial charge in [-0.1, -0.05) is 22.0 Å². The van der Waals surface area contributed by atoms with Crippen molar-refractivity contribution < 1.29 is 9.53 Å². The fourth-order valence-electron chi connectivity index (χ4n) is 1.34. The quantitative estimate of drug-likeness (QED) is 0.675. The summed E-state index contributed by atoms with van der Waals surface area (Å²) in [5, 5.41) is 0.